The highest BCUT2D eigenvalue weighted by atomic mass is 35.5. The molecule has 0 radical (unpaired) electrons. The lowest BCUT2D eigenvalue weighted by atomic mass is 9.98. The number of amides is 1. The Bertz CT molecular complexity index is 865. The minimum atomic E-state index is -0.500. The lowest BCUT2D eigenvalue weighted by Gasteiger charge is -2.29. The van der Waals surface area contributed by atoms with Crippen LogP contribution in [0.5, 0.6) is 5.75 Å². The molecule has 6 nitrogen and oxygen atoms in total. The normalized spacial score (nSPS) is 19.2. The lowest BCUT2D eigenvalue weighted by Crippen LogP contribution is -2.50. The molecule has 136 valence electrons. The third-order valence-corrected chi connectivity index (χ3v) is 5.25. The van der Waals surface area contributed by atoms with Gasteiger partial charge in [-0.05, 0) is 36.2 Å². The Labute approximate surface area is 157 Å². The smallest absolute Gasteiger partial charge is 0.264 e. The van der Waals surface area contributed by atoms with E-state index in [1.165, 1.54) is 0 Å². The average molecular weight is 373 g/mol. The largest absolute Gasteiger partial charge is 0.479 e. The summed E-state index contributed by atoms with van der Waals surface area (Å²) in [5.74, 6) is 1.23. The molecule has 2 aliphatic rings. The van der Waals surface area contributed by atoms with E-state index in [0.29, 0.717) is 30.4 Å². The second-order valence-electron chi connectivity index (χ2n) is 6.70. The molecule has 1 fully saturated rings. The van der Waals surface area contributed by atoms with Crippen LogP contribution in [0.15, 0.2) is 24.4 Å². The molecule has 2 aliphatic heterocycles. The number of halogens is 1. The summed E-state index contributed by atoms with van der Waals surface area (Å²) >= 11 is 6.34. The molecule has 1 unspecified atom stereocenters. The van der Waals surface area contributed by atoms with Crippen LogP contribution in [-0.2, 0) is 11.2 Å². The number of ether oxygens (including phenoxy) is 1. The Hall–Kier alpha value is -2.31. The van der Waals surface area contributed by atoms with Gasteiger partial charge in [0, 0.05) is 54.9 Å². The number of nitrogen functional groups attached to an aromatic ring is 1. The quantitative estimate of drug-likeness (QED) is 0.843. The monoisotopic (exact) mass is 372 g/mol. The van der Waals surface area contributed by atoms with E-state index in [1.807, 2.05) is 30.0 Å². The molecule has 7 heteroatoms. The third kappa shape index (κ3) is 2.99. The van der Waals surface area contributed by atoms with Gasteiger partial charge in [0.2, 0.25) is 0 Å². The standard InChI is InChI=1S/C19H21ClN4O2/c1-11-14(2-3-23-18(11)21)15-10-13(20)8-12-9-16(26-17(12)15)19(25)24-6-4-22-5-7-24/h2-3,8,10,16,22H,4-7,9H2,1H3,(H2,21,23). The minimum Gasteiger partial charge on any atom is -0.479 e. The number of hydrogen-bond acceptors (Lipinski definition) is 5. The summed E-state index contributed by atoms with van der Waals surface area (Å²) in [5, 5.41) is 3.87. The summed E-state index contributed by atoms with van der Waals surface area (Å²) in [6, 6.07) is 5.64. The van der Waals surface area contributed by atoms with Gasteiger partial charge in [-0.3, -0.25) is 4.79 Å². The summed E-state index contributed by atoms with van der Waals surface area (Å²) in [7, 11) is 0. The van der Waals surface area contributed by atoms with Gasteiger partial charge >= 0.3 is 0 Å². The number of piperazine rings is 1. The molecule has 0 bridgehead atoms. The number of nitrogens with two attached hydrogens (primary N) is 1. The number of hydrogen-bond donors (Lipinski definition) is 2. The number of carbonyl (C=O) groups excluding carboxylic acids is 1. The number of pyridine rings is 1. The summed E-state index contributed by atoms with van der Waals surface area (Å²) in [4.78, 5) is 18.8. The van der Waals surface area contributed by atoms with Crippen molar-refractivity contribution in [2.24, 2.45) is 0 Å². The SMILES string of the molecule is Cc1c(-c2cc(Cl)cc3c2OC(C(=O)N2CCNCC2)C3)ccnc1N. The zero-order valence-corrected chi connectivity index (χ0v) is 15.3. The summed E-state index contributed by atoms with van der Waals surface area (Å²) in [5.41, 5.74) is 9.57. The van der Waals surface area contributed by atoms with Crippen LogP contribution < -0.4 is 15.8 Å². The maximum absolute atomic E-state index is 12.8. The highest BCUT2D eigenvalue weighted by molar-refractivity contribution is 6.31. The summed E-state index contributed by atoms with van der Waals surface area (Å²) < 4.78 is 6.13. The van der Waals surface area contributed by atoms with Crippen LogP contribution in [0, 0.1) is 6.92 Å². The third-order valence-electron chi connectivity index (χ3n) is 5.03. The fourth-order valence-electron chi connectivity index (χ4n) is 3.59. The van der Waals surface area contributed by atoms with E-state index < -0.39 is 6.10 Å². The molecule has 3 N–H and O–H groups in total. The molecule has 0 spiro atoms. The predicted molar refractivity (Wildman–Crippen MR) is 101 cm³/mol. The van der Waals surface area contributed by atoms with E-state index in [-0.39, 0.29) is 5.91 Å². The molecule has 1 saturated heterocycles. The number of carbonyl (C=O) groups is 1. The maximum Gasteiger partial charge on any atom is 0.264 e. The van der Waals surface area contributed by atoms with Gasteiger partial charge in [-0.2, -0.15) is 0 Å². The topological polar surface area (TPSA) is 80.5 Å². The van der Waals surface area contributed by atoms with Crippen molar-refractivity contribution in [3.8, 4) is 16.9 Å². The number of anilines is 1. The predicted octanol–water partition coefficient (Wildman–Crippen LogP) is 2.03. The van der Waals surface area contributed by atoms with Crippen molar-refractivity contribution < 1.29 is 9.53 Å². The van der Waals surface area contributed by atoms with Crippen LogP contribution in [0.2, 0.25) is 5.02 Å². The number of rotatable bonds is 2. The molecular formula is C19H21ClN4O2. The first-order valence-corrected chi connectivity index (χ1v) is 9.12. The van der Waals surface area contributed by atoms with E-state index in [0.717, 1.165) is 41.1 Å². The van der Waals surface area contributed by atoms with E-state index in [1.54, 1.807) is 6.20 Å². The molecule has 2 aromatic rings. The fraction of sp³-hybridized carbons (Fsp3) is 0.368. The van der Waals surface area contributed by atoms with Gasteiger partial charge in [-0.15, -0.1) is 0 Å². The Kier molecular flexibility index (Phi) is 4.46. The molecule has 0 saturated carbocycles. The second kappa shape index (κ2) is 6.78. The van der Waals surface area contributed by atoms with Crippen LogP contribution in [0.3, 0.4) is 0 Å². The first-order valence-electron chi connectivity index (χ1n) is 8.74. The fourth-order valence-corrected chi connectivity index (χ4v) is 3.84. The van der Waals surface area contributed by atoms with Gasteiger partial charge in [-0.25, -0.2) is 4.98 Å². The highest BCUT2D eigenvalue weighted by Gasteiger charge is 2.35. The van der Waals surface area contributed by atoms with Crippen LogP contribution >= 0.6 is 11.6 Å². The van der Waals surface area contributed by atoms with Crippen LogP contribution in [0.25, 0.3) is 11.1 Å². The summed E-state index contributed by atoms with van der Waals surface area (Å²) in [6.45, 7) is 4.98. The van der Waals surface area contributed by atoms with Crippen LogP contribution in [-0.4, -0.2) is 48.1 Å². The van der Waals surface area contributed by atoms with Crippen molar-refractivity contribution in [3.05, 3.63) is 40.5 Å². The number of nitrogens with zero attached hydrogens (tertiary/aromatic N) is 2. The van der Waals surface area contributed by atoms with E-state index in [9.17, 15) is 4.79 Å². The van der Waals surface area contributed by atoms with Gasteiger partial charge in [0.25, 0.3) is 5.91 Å². The highest BCUT2D eigenvalue weighted by Crippen LogP contribution is 2.42. The van der Waals surface area contributed by atoms with E-state index >= 15 is 0 Å². The van der Waals surface area contributed by atoms with E-state index in [4.69, 9.17) is 22.1 Å². The molecule has 4 rings (SSSR count). The Morgan fingerprint density at radius 2 is 2.12 bits per heavy atom. The molecular weight excluding hydrogens is 352 g/mol. The van der Waals surface area contributed by atoms with Crippen LogP contribution in [0.4, 0.5) is 5.82 Å². The van der Waals surface area contributed by atoms with Gasteiger partial charge in [-0.1, -0.05) is 11.6 Å². The zero-order chi connectivity index (χ0) is 18.3. The minimum absolute atomic E-state index is 0.0377. The Morgan fingerprint density at radius 3 is 2.88 bits per heavy atom. The summed E-state index contributed by atoms with van der Waals surface area (Å²) in [6.07, 6.45) is 1.70. The molecule has 1 aromatic heterocycles. The van der Waals surface area contributed by atoms with Crippen LogP contribution in [0.1, 0.15) is 11.1 Å². The van der Waals surface area contributed by atoms with Crippen molar-refractivity contribution in [2.45, 2.75) is 19.4 Å². The molecule has 0 aliphatic carbocycles. The lowest BCUT2D eigenvalue weighted by molar-refractivity contribution is -0.138. The van der Waals surface area contributed by atoms with Crippen molar-refractivity contribution in [2.75, 3.05) is 31.9 Å². The average Bonchev–Trinajstić information content (AvgIpc) is 3.07. The zero-order valence-electron chi connectivity index (χ0n) is 14.6. The number of benzene rings is 1. The molecule has 1 atom stereocenters. The van der Waals surface area contributed by atoms with Crippen molar-refractivity contribution >= 4 is 23.3 Å². The van der Waals surface area contributed by atoms with Gasteiger partial charge in [0.05, 0.1) is 0 Å². The van der Waals surface area contributed by atoms with Crippen molar-refractivity contribution in [3.63, 3.8) is 0 Å². The molecule has 26 heavy (non-hydrogen) atoms. The molecule has 1 amide bonds. The van der Waals surface area contributed by atoms with Crippen molar-refractivity contribution in [1.29, 1.82) is 0 Å². The maximum atomic E-state index is 12.8. The van der Waals surface area contributed by atoms with Gasteiger partial charge in [0.1, 0.15) is 11.6 Å². The van der Waals surface area contributed by atoms with Crippen molar-refractivity contribution in [1.82, 2.24) is 15.2 Å². The first kappa shape index (κ1) is 17.1. The van der Waals surface area contributed by atoms with Gasteiger partial charge in [0.15, 0.2) is 6.10 Å². The number of aromatic nitrogens is 1. The number of nitrogens with one attached hydrogen (secondary N) is 1. The molecule has 1 aromatic carbocycles. The Morgan fingerprint density at radius 1 is 1.35 bits per heavy atom. The second-order valence-corrected chi connectivity index (χ2v) is 7.13. The molecule has 3 heterocycles. The first-order chi connectivity index (χ1) is 12.5. The number of fused-ring (bicyclic) bond motifs is 1. The Balaban J connectivity index is 1.68. The van der Waals surface area contributed by atoms with Gasteiger partial charge < -0.3 is 20.7 Å². The van der Waals surface area contributed by atoms with E-state index in [2.05, 4.69) is 10.3 Å².